The average molecular weight is 247 g/mol. The Morgan fingerprint density at radius 2 is 2.06 bits per heavy atom. The molecule has 3 heteroatoms. The smallest absolute Gasteiger partial charge is 0.149 e. The fourth-order valence-corrected chi connectivity index (χ4v) is 2.41. The Labute approximate surface area is 108 Å². The molecule has 0 saturated carbocycles. The third-order valence-electron chi connectivity index (χ3n) is 3.88. The van der Waals surface area contributed by atoms with Gasteiger partial charge in [-0.25, -0.2) is 0 Å². The zero-order valence-electron chi connectivity index (χ0n) is 11.2. The molecule has 0 aliphatic heterocycles. The van der Waals surface area contributed by atoms with Gasteiger partial charge in [-0.3, -0.25) is 10.1 Å². The van der Waals surface area contributed by atoms with Crippen LogP contribution < -0.4 is 5.32 Å². The summed E-state index contributed by atoms with van der Waals surface area (Å²) in [6.07, 6.45) is 1.21. The fourth-order valence-electron chi connectivity index (χ4n) is 2.41. The summed E-state index contributed by atoms with van der Waals surface area (Å²) < 4.78 is 0. The largest absolute Gasteiger partial charge is 0.391 e. The Hall–Kier alpha value is -1.19. The van der Waals surface area contributed by atoms with Gasteiger partial charge in [0.15, 0.2) is 0 Å². The van der Waals surface area contributed by atoms with E-state index in [4.69, 9.17) is 0 Å². The number of benzene rings is 1. The van der Waals surface area contributed by atoms with Crippen molar-refractivity contribution in [1.82, 2.24) is 5.32 Å². The highest BCUT2D eigenvalue weighted by Crippen LogP contribution is 2.31. The Kier molecular flexibility index (Phi) is 3.55. The molecule has 1 aromatic carbocycles. The molecule has 0 spiro atoms. The summed E-state index contributed by atoms with van der Waals surface area (Å²) in [5, 5.41) is 13.5. The highest BCUT2D eigenvalue weighted by Gasteiger charge is 2.34. The molecule has 0 heterocycles. The number of Topliss-reactive ketones (excluding diaryl/α,β-unsaturated/α-hetero) is 1. The van der Waals surface area contributed by atoms with Crippen molar-refractivity contribution < 1.29 is 9.90 Å². The molecule has 1 aliphatic carbocycles. The third kappa shape index (κ3) is 2.47. The van der Waals surface area contributed by atoms with Gasteiger partial charge in [-0.2, -0.15) is 0 Å². The molecule has 1 aromatic rings. The van der Waals surface area contributed by atoms with Crippen molar-refractivity contribution in [3.63, 3.8) is 0 Å². The van der Waals surface area contributed by atoms with Gasteiger partial charge in [0.05, 0.1) is 17.7 Å². The maximum Gasteiger partial charge on any atom is 0.149 e. The van der Waals surface area contributed by atoms with Gasteiger partial charge in [0.1, 0.15) is 5.78 Å². The minimum atomic E-state index is -0.615. The topological polar surface area (TPSA) is 49.3 Å². The number of hydrogen-bond acceptors (Lipinski definition) is 3. The van der Waals surface area contributed by atoms with Gasteiger partial charge in [0.25, 0.3) is 0 Å². The molecule has 2 atom stereocenters. The van der Waals surface area contributed by atoms with Crippen LogP contribution >= 0.6 is 0 Å². The molecule has 2 rings (SSSR count). The Balaban J connectivity index is 2.30. The van der Waals surface area contributed by atoms with Crippen LogP contribution in [0.25, 0.3) is 0 Å². The molecule has 18 heavy (non-hydrogen) atoms. The van der Waals surface area contributed by atoms with Gasteiger partial charge in [-0.15, -0.1) is 0 Å². The Bertz CT molecular complexity index is 454. The van der Waals surface area contributed by atoms with E-state index in [1.807, 2.05) is 32.0 Å². The van der Waals surface area contributed by atoms with Gasteiger partial charge in [0, 0.05) is 0 Å². The molecule has 3 nitrogen and oxygen atoms in total. The summed E-state index contributed by atoms with van der Waals surface area (Å²) in [7, 11) is 0. The lowest BCUT2D eigenvalue weighted by atomic mass is 9.84. The zero-order valence-corrected chi connectivity index (χ0v) is 11.2. The lowest BCUT2D eigenvalue weighted by Crippen LogP contribution is -2.51. The average Bonchev–Trinajstić information content (AvgIpc) is 2.32. The second-order valence-electron chi connectivity index (χ2n) is 5.61. The number of carbonyl (C=O) groups excluding carboxylic acids is 1. The molecule has 0 bridgehead atoms. The second-order valence-corrected chi connectivity index (χ2v) is 5.61. The first-order valence-electron chi connectivity index (χ1n) is 6.46. The van der Waals surface area contributed by atoms with Crippen LogP contribution in [-0.2, 0) is 11.2 Å². The quantitative estimate of drug-likeness (QED) is 0.859. The van der Waals surface area contributed by atoms with E-state index in [0.717, 1.165) is 18.4 Å². The lowest BCUT2D eigenvalue weighted by Gasteiger charge is -2.36. The van der Waals surface area contributed by atoms with Crippen molar-refractivity contribution in [3.05, 3.63) is 35.4 Å². The zero-order chi connectivity index (χ0) is 13.3. The number of aryl methyl sites for hydroxylation is 1. The molecular formula is C15H21NO2. The van der Waals surface area contributed by atoms with Crippen molar-refractivity contribution in [2.24, 2.45) is 0 Å². The summed E-state index contributed by atoms with van der Waals surface area (Å²) in [4.78, 5) is 11.6. The van der Waals surface area contributed by atoms with Gasteiger partial charge < -0.3 is 5.11 Å². The monoisotopic (exact) mass is 247 g/mol. The first kappa shape index (κ1) is 13.2. The summed E-state index contributed by atoms with van der Waals surface area (Å²) in [6, 6.07) is 7.96. The molecule has 0 saturated heterocycles. The minimum absolute atomic E-state index is 0.0813. The maximum atomic E-state index is 11.6. The predicted molar refractivity (Wildman–Crippen MR) is 71.4 cm³/mol. The number of aliphatic hydroxyl groups excluding tert-OH is 1. The van der Waals surface area contributed by atoms with Crippen LogP contribution in [0.3, 0.4) is 0 Å². The molecule has 0 aromatic heterocycles. The normalized spacial score (nSPS) is 23.6. The Morgan fingerprint density at radius 3 is 2.72 bits per heavy atom. The molecule has 0 unspecified atom stereocenters. The van der Waals surface area contributed by atoms with E-state index >= 15 is 0 Å². The number of fused-ring (bicyclic) bond motifs is 1. The fraction of sp³-hybridized carbons (Fsp3) is 0.533. The van der Waals surface area contributed by atoms with Crippen LogP contribution in [-0.4, -0.2) is 22.5 Å². The number of aliphatic hydroxyl groups is 1. The highest BCUT2D eigenvalue weighted by atomic mass is 16.3. The van der Waals surface area contributed by atoms with Crippen LogP contribution in [0.4, 0.5) is 0 Å². The van der Waals surface area contributed by atoms with E-state index in [9.17, 15) is 9.90 Å². The molecular weight excluding hydrogens is 226 g/mol. The SMILES string of the molecule is CC(=O)C(C)(C)N[C@H]1c2ccccc2CC[C@H]1O. The van der Waals surface area contributed by atoms with Crippen molar-refractivity contribution in [1.29, 1.82) is 0 Å². The predicted octanol–water partition coefficient (Wildman–Crippen LogP) is 1.99. The summed E-state index contributed by atoms with van der Waals surface area (Å²) in [5.41, 5.74) is 1.76. The first-order chi connectivity index (χ1) is 8.42. The summed E-state index contributed by atoms with van der Waals surface area (Å²) in [6.45, 7) is 5.30. The van der Waals surface area contributed by atoms with Crippen LogP contribution in [0.5, 0.6) is 0 Å². The summed E-state index contributed by atoms with van der Waals surface area (Å²) in [5.74, 6) is 0.0813. The van der Waals surface area contributed by atoms with Gasteiger partial charge >= 0.3 is 0 Å². The van der Waals surface area contributed by atoms with E-state index in [2.05, 4.69) is 11.4 Å². The standard InChI is InChI=1S/C15H21NO2/c1-10(17)15(2,3)16-14-12-7-5-4-6-11(12)8-9-13(14)18/h4-7,13-14,16,18H,8-9H2,1-3H3/t13-,14+/m1/s1. The van der Waals surface area contributed by atoms with Crippen LogP contribution in [0.1, 0.15) is 44.4 Å². The van der Waals surface area contributed by atoms with E-state index in [1.165, 1.54) is 5.56 Å². The number of nitrogens with one attached hydrogen (secondary N) is 1. The number of hydrogen-bond donors (Lipinski definition) is 2. The van der Waals surface area contributed by atoms with Gasteiger partial charge in [-0.05, 0) is 44.7 Å². The summed E-state index contributed by atoms with van der Waals surface area (Å²) >= 11 is 0. The third-order valence-corrected chi connectivity index (χ3v) is 3.88. The van der Waals surface area contributed by atoms with E-state index < -0.39 is 11.6 Å². The van der Waals surface area contributed by atoms with Crippen LogP contribution in [0, 0.1) is 0 Å². The maximum absolute atomic E-state index is 11.6. The van der Waals surface area contributed by atoms with E-state index in [1.54, 1.807) is 6.92 Å². The Morgan fingerprint density at radius 1 is 1.39 bits per heavy atom. The van der Waals surface area contributed by atoms with E-state index in [-0.39, 0.29) is 11.8 Å². The van der Waals surface area contributed by atoms with Crippen molar-refractivity contribution in [2.75, 3.05) is 0 Å². The molecule has 0 amide bonds. The lowest BCUT2D eigenvalue weighted by molar-refractivity contribution is -0.122. The van der Waals surface area contributed by atoms with Crippen molar-refractivity contribution in [2.45, 2.75) is 51.3 Å². The van der Waals surface area contributed by atoms with Gasteiger partial charge in [-0.1, -0.05) is 24.3 Å². The van der Waals surface area contributed by atoms with Gasteiger partial charge in [0.2, 0.25) is 0 Å². The second kappa shape index (κ2) is 4.82. The molecule has 0 fully saturated rings. The van der Waals surface area contributed by atoms with E-state index in [0.29, 0.717) is 0 Å². The minimum Gasteiger partial charge on any atom is -0.391 e. The van der Waals surface area contributed by atoms with Crippen molar-refractivity contribution in [3.8, 4) is 0 Å². The van der Waals surface area contributed by atoms with Crippen LogP contribution in [0.2, 0.25) is 0 Å². The molecule has 0 radical (unpaired) electrons. The number of rotatable bonds is 3. The highest BCUT2D eigenvalue weighted by molar-refractivity contribution is 5.85. The number of ketones is 1. The van der Waals surface area contributed by atoms with Crippen LogP contribution in [0.15, 0.2) is 24.3 Å². The molecule has 2 N–H and O–H groups in total. The molecule has 98 valence electrons. The molecule has 1 aliphatic rings. The first-order valence-corrected chi connectivity index (χ1v) is 6.46. The van der Waals surface area contributed by atoms with Crippen molar-refractivity contribution >= 4 is 5.78 Å². The number of carbonyl (C=O) groups is 1.